The Morgan fingerprint density at radius 1 is 1.08 bits per heavy atom. The number of amides is 2. The second-order valence-corrected chi connectivity index (χ2v) is 6.77. The van der Waals surface area contributed by atoms with Crippen molar-refractivity contribution >= 4 is 17.8 Å². The van der Waals surface area contributed by atoms with Crippen LogP contribution in [0.15, 0.2) is 41.5 Å². The zero-order chi connectivity index (χ0) is 17.4. The van der Waals surface area contributed by atoms with Gasteiger partial charge in [0, 0.05) is 6.42 Å². The maximum absolute atomic E-state index is 12.8. The fourth-order valence-corrected chi connectivity index (χ4v) is 3.71. The Morgan fingerprint density at radius 3 is 2.04 bits per heavy atom. The first-order valence-corrected chi connectivity index (χ1v) is 8.19. The van der Waals surface area contributed by atoms with E-state index in [1.807, 2.05) is 44.2 Å². The van der Waals surface area contributed by atoms with Crippen LogP contribution in [0.4, 0.5) is 0 Å². The molecule has 1 heterocycles. The van der Waals surface area contributed by atoms with E-state index in [2.05, 4.69) is 0 Å². The van der Waals surface area contributed by atoms with Crippen molar-refractivity contribution in [1.29, 1.82) is 0 Å². The van der Waals surface area contributed by atoms with Gasteiger partial charge < -0.3 is 5.11 Å². The lowest BCUT2D eigenvalue weighted by molar-refractivity contribution is -0.155. The average molecular weight is 327 g/mol. The van der Waals surface area contributed by atoms with Crippen molar-refractivity contribution in [2.45, 2.75) is 39.2 Å². The molecule has 5 heteroatoms. The number of carboxylic acid groups (broad SMARTS) is 1. The van der Waals surface area contributed by atoms with Crippen LogP contribution in [0.5, 0.6) is 0 Å². The summed E-state index contributed by atoms with van der Waals surface area (Å²) in [6, 6.07) is 7.96. The molecule has 1 aromatic carbocycles. The van der Waals surface area contributed by atoms with Crippen molar-refractivity contribution in [1.82, 2.24) is 4.90 Å². The molecule has 1 aromatic rings. The standard InChI is InChI=1S/C19H21NO4/c1-11-8-14-15(9-12(11)2)18(22)20(17(14)21)16(19(23)24)10-13-6-4-3-5-7-13/h3-7,14-16H,8-10H2,1-2H3,(H,23,24)/t14-,15+,16-/m0/s1. The minimum Gasteiger partial charge on any atom is -0.480 e. The minimum atomic E-state index is -1.14. The molecule has 1 aliphatic heterocycles. The Bertz CT molecular complexity index is 690. The third-order valence-electron chi connectivity index (χ3n) is 5.24. The molecule has 0 aromatic heterocycles. The van der Waals surface area contributed by atoms with Gasteiger partial charge in [0.15, 0.2) is 0 Å². The summed E-state index contributed by atoms with van der Waals surface area (Å²) in [6.07, 6.45) is 1.24. The first-order chi connectivity index (χ1) is 11.4. The van der Waals surface area contributed by atoms with Crippen molar-refractivity contribution in [3.05, 3.63) is 47.0 Å². The van der Waals surface area contributed by atoms with Crippen molar-refractivity contribution in [2.24, 2.45) is 11.8 Å². The van der Waals surface area contributed by atoms with Crippen molar-refractivity contribution in [2.75, 3.05) is 0 Å². The largest absolute Gasteiger partial charge is 0.480 e. The van der Waals surface area contributed by atoms with Crippen molar-refractivity contribution in [3.8, 4) is 0 Å². The molecule has 1 fully saturated rings. The van der Waals surface area contributed by atoms with Gasteiger partial charge in [0.1, 0.15) is 6.04 Å². The summed E-state index contributed by atoms with van der Waals surface area (Å²) in [5, 5.41) is 9.61. The highest BCUT2D eigenvalue weighted by Gasteiger charge is 2.52. The molecule has 5 nitrogen and oxygen atoms in total. The van der Waals surface area contributed by atoms with Crippen LogP contribution >= 0.6 is 0 Å². The predicted octanol–water partition coefficient (Wildman–Crippen LogP) is 2.41. The van der Waals surface area contributed by atoms with E-state index in [0.717, 1.165) is 21.6 Å². The van der Waals surface area contributed by atoms with Gasteiger partial charge in [0.2, 0.25) is 11.8 Å². The van der Waals surface area contributed by atoms with E-state index in [9.17, 15) is 19.5 Å². The molecule has 1 saturated heterocycles. The van der Waals surface area contributed by atoms with Gasteiger partial charge in [-0.3, -0.25) is 14.5 Å². The molecule has 0 saturated carbocycles. The smallest absolute Gasteiger partial charge is 0.327 e. The van der Waals surface area contributed by atoms with Gasteiger partial charge in [-0.1, -0.05) is 41.5 Å². The van der Waals surface area contributed by atoms with E-state index >= 15 is 0 Å². The van der Waals surface area contributed by atoms with Crippen LogP contribution in [0.2, 0.25) is 0 Å². The number of likely N-dealkylation sites (tertiary alicyclic amines) is 1. The Balaban J connectivity index is 1.88. The van der Waals surface area contributed by atoms with Crippen molar-refractivity contribution in [3.63, 3.8) is 0 Å². The Morgan fingerprint density at radius 2 is 1.58 bits per heavy atom. The first-order valence-electron chi connectivity index (χ1n) is 8.19. The van der Waals surface area contributed by atoms with Crippen LogP contribution in [-0.2, 0) is 20.8 Å². The number of fused-ring (bicyclic) bond motifs is 1. The molecule has 1 N–H and O–H groups in total. The monoisotopic (exact) mass is 327 g/mol. The second kappa shape index (κ2) is 6.23. The lowest BCUT2D eigenvalue weighted by Crippen LogP contribution is -2.46. The van der Waals surface area contributed by atoms with Gasteiger partial charge in [-0.25, -0.2) is 4.79 Å². The summed E-state index contributed by atoms with van der Waals surface area (Å²) in [6.45, 7) is 3.95. The van der Waals surface area contributed by atoms with E-state index in [4.69, 9.17) is 0 Å². The molecule has 3 rings (SSSR count). The third-order valence-corrected chi connectivity index (χ3v) is 5.24. The Labute approximate surface area is 141 Å². The summed E-state index contributed by atoms with van der Waals surface area (Å²) in [7, 11) is 0. The number of hydrogen-bond donors (Lipinski definition) is 1. The molecule has 0 unspecified atom stereocenters. The lowest BCUT2D eigenvalue weighted by atomic mass is 9.78. The van der Waals surface area contributed by atoms with Crippen LogP contribution in [0.1, 0.15) is 32.3 Å². The highest BCUT2D eigenvalue weighted by molar-refractivity contribution is 6.08. The molecule has 24 heavy (non-hydrogen) atoms. The van der Waals surface area contributed by atoms with Crippen molar-refractivity contribution < 1.29 is 19.5 Å². The number of hydrogen-bond acceptors (Lipinski definition) is 3. The van der Waals surface area contributed by atoms with E-state index < -0.39 is 23.8 Å². The quantitative estimate of drug-likeness (QED) is 0.681. The fourth-order valence-electron chi connectivity index (χ4n) is 3.71. The highest BCUT2D eigenvalue weighted by atomic mass is 16.4. The molecule has 126 valence electrons. The summed E-state index contributed by atoms with van der Waals surface area (Å²) in [5.41, 5.74) is 3.06. The van der Waals surface area contributed by atoms with E-state index in [1.165, 1.54) is 0 Å². The van der Waals surface area contributed by atoms with Crippen LogP contribution in [0.25, 0.3) is 0 Å². The predicted molar refractivity (Wildman–Crippen MR) is 88.0 cm³/mol. The number of rotatable bonds is 4. The highest BCUT2D eigenvalue weighted by Crippen LogP contribution is 2.41. The van der Waals surface area contributed by atoms with E-state index in [1.54, 1.807) is 0 Å². The Kier molecular flexibility index (Phi) is 4.26. The molecule has 3 atom stereocenters. The maximum Gasteiger partial charge on any atom is 0.327 e. The molecular weight excluding hydrogens is 306 g/mol. The van der Waals surface area contributed by atoms with Gasteiger partial charge in [-0.05, 0) is 32.3 Å². The SMILES string of the molecule is CC1=C(C)C[C@H]2C(=O)N([C@@H](Cc3ccccc3)C(=O)O)C(=O)[C@H]2C1. The molecule has 0 bridgehead atoms. The molecule has 0 spiro atoms. The zero-order valence-electron chi connectivity index (χ0n) is 13.9. The number of carboxylic acids is 1. The van der Waals surface area contributed by atoms with Gasteiger partial charge >= 0.3 is 5.97 Å². The third kappa shape index (κ3) is 2.75. The average Bonchev–Trinajstić information content (AvgIpc) is 2.78. The second-order valence-electron chi connectivity index (χ2n) is 6.77. The summed E-state index contributed by atoms with van der Waals surface area (Å²) < 4.78 is 0. The molecule has 2 amide bonds. The van der Waals surface area contributed by atoms with E-state index in [-0.39, 0.29) is 18.2 Å². The normalized spacial score (nSPS) is 25.0. The molecule has 1 aliphatic carbocycles. The molecule has 0 radical (unpaired) electrons. The summed E-state index contributed by atoms with van der Waals surface area (Å²) >= 11 is 0. The number of allylic oxidation sites excluding steroid dienone is 2. The van der Waals surface area contributed by atoms with E-state index in [0.29, 0.717) is 12.8 Å². The van der Waals surface area contributed by atoms with Crippen LogP contribution < -0.4 is 0 Å². The van der Waals surface area contributed by atoms with Gasteiger partial charge in [-0.15, -0.1) is 0 Å². The minimum absolute atomic E-state index is 0.137. The number of aliphatic carboxylic acids is 1. The topological polar surface area (TPSA) is 74.7 Å². The number of benzene rings is 1. The summed E-state index contributed by atoms with van der Waals surface area (Å²) in [5.74, 6) is -2.61. The fraction of sp³-hybridized carbons (Fsp3) is 0.421. The summed E-state index contributed by atoms with van der Waals surface area (Å²) in [4.78, 5) is 38.3. The molecular formula is C19H21NO4. The van der Waals surface area contributed by atoms with Crippen LogP contribution in [-0.4, -0.2) is 33.8 Å². The van der Waals surface area contributed by atoms with Crippen LogP contribution in [0.3, 0.4) is 0 Å². The van der Waals surface area contributed by atoms with Crippen LogP contribution in [0, 0.1) is 11.8 Å². The van der Waals surface area contributed by atoms with Gasteiger partial charge in [0.05, 0.1) is 11.8 Å². The molecule has 2 aliphatic rings. The van der Waals surface area contributed by atoms with Gasteiger partial charge in [0.25, 0.3) is 0 Å². The maximum atomic E-state index is 12.8. The number of imide groups is 1. The first kappa shape index (κ1) is 16.4. The Hall–Kier alpha value is -2.43. The number of carbonyl (C=O) groups is 3. The van der Waals surface area contributed by atoms with Gasteiger partial charge in [-0.2, -0.15) is 0 Å². The zero-order valence-corrected chi connectivity index (χ0v) is 13.9. The lowest BCUT2D eigenvalue weighted by Gasteiger charge is -2.23. The number of nitrogens with zero attached hydrogens (tertiary/aromatic N) is 1. The number of carbonyl (C=O) groups excluding carboxylic acids is 2.